The van der Waals surface area contributed by atoms with Gasteiger partial charge in [-0.1, -0.05) is 6.92 Å². The Morgan fingerprint density at radius 2 is 1.70 bits per heavy atom. The average Bonchev–Trinajstić information content (AvgIpc) is 2.67. The van der Waals surface area contributed by atoms with Crippen molar-refractivity contribution in [3.63, 3.8) is 0 Å². The van der Waals surface area contributed by atoms with Gasteiger partial charge in [-0.15, -0.1) is 24.8 Å². The predicted molar refractivity (Wildman–Crippen MR) is 116 cm³/mol. The third-order valence-corrected chi connectivity index (χ3v) is 5.42. The van der Waals surface area contributed by atoms with E-state index in [4.69, 9.17) is 0 Å². The summed E-state index contributed by atoms with van der Waals surface area (Å²) in [5, 5.41) is 13.0. The summed E-state index contributed by atoms with van der Waals surface area (Å²) in [4.78, 5) is 17.4. The molecule has 0 radical (unpaired) electrons. The van der Waals surface area contributed by atoms with E-state index < -0.39 is 0 Å². The summed E-state index contributed by atoms with van der Waals surface area (Å²) < 4.78 is 0. The molecule has 2 N–H and O–H groups in total. The SMILES string of the molecule is CCCN(C(=O)c1ccc(N2CCC(O)CC2)cc1)C1CCNCC1.Cl.Cl. The molecule has 0 bridgehead atoms. The molecule has 3 rings (SSSR count). The lowest BCUT2D eigenvalue weighted by Gasteiger charge is -2.35. The predicted octanol–water partition coefficient (Wildman–Crippen LogP) is 3.10. The van der Waals surface area contributed by atoms with Crippen molar-refractivity contribution in [2.45, 2.75) is 51.2 Å². The Morgan fingerprint density at radius 1 is 1.11 bits per heavy atom. The molecular weight excluding hydrogens is 385 g/mol. The van der Waals surface area contributed by atoms with Crippen LogP contribution in [0.5, 0.6) is 0 Å². The molecular formula is C20H33Cl2N3O2. The first-order valence-corrected chi connectivity index (χ1v) is 9.73. The summed E-state index contributed by atoms with van der Waals surface area (Å²) in [5.41, 5.74) is 1.93. The molecule has 1 aromatic rings. The van der Waals surface area contributed by atoms with E-state index in [-0.39, 0.29) is 36.8 Å². The van der Waals surface area contributed by atoms with Crippen molar-refractivity contribution < 1.29 is 9.90 Å². The Labute approximate surface area is 175 Å². The van der Waals surface area contributed by atoms with Crippen LogP contribution >= 0.6 is 24.8 Å². The van der Waals surface area contributed by atoms with E-state index in [9.17, 15) is 9.90 Å². The highest BCUT2D eigenvalue weighted by Gasteiger charge is 2.25. The number of halogens is 2. The number of hydrogen-bond acceptors (Lipinski definition) is 4. The van der Waals surface area contributed by atoms with Crippen molar-refractivity contribution in [2.75, 3.05) is 37.6 Å². The normalized spacial score (nSPS) is 18.4. The van der Waals surface area contributed by atoms with Crippen LogP contribution in [-0.2, 0) is 0 Å². The van der Waals surface area contributed by atoms with Crippen LogP contribution in [0.4, 0.5) is 5.69 Å². The van der Waals surface area contributed by atoms with Crippen LogP contribution < -0.4 is 10.2 Å². The third kappa shape index (κ3) is 6.24. The summed E-state index contributed by atoms with van der Waals surface area (Å²) in [5.74, 6) is 0.161. The lowest BCUT2D eigenvalue weighted by molar-refractivity contribution is 0.0642. The average molecular weight is 418 g/mol. The topological polar surface area (TPSA) is 55.8 Å². The Balaban J connectivity index is 0.00000182. The molecule has 1 aromatic carbocycles. The summed E-state index contributed by atoms with van der Waals surface area (Å²) in [6.07, 6.45) is 4.55. The number of carbonyl (C=O) groups excluding carboxylic acids is 1. The van der Waals surface area contributed by atoms with Gasteiger partial charge in [-0.25, -0.2) is 0 Å². The van der Waals surface area contributed by atoms with Crippen molar-refractivity contribution in [1.82, 2.24) is 10.2 Å². The fraction of sp³-hybridized carbons (Fsp3) is 0.650. The zero-order chi connectivity index (χ0) is 17.6. The van der Waals surface area contributed by atoms with Crippen molar-refractivity contribution in [2.24, 2.45) is 0 Å². The van der Waals surface area contributed by atoms with Gasteiger partial charge in [-0.05, 0) is 69.5 Å². The second-order valence-corrected chi connectivity index (χ2v) is 7.24. The number of nitrogens with one attached hydrogen (secondary N) is 1. The minimum atomic E-state index is -0.162. The van der Waals surface area contributed by atoms with Gasteiger partial charge in [0.25, 0.3) is 5.91 Å². The maximum absolute atomic E-state index is 13.0. The first kappa shape index (κ1) is 24.0. The van der Waals surface area contributed by atoms with Gasteiger partial charge in [0.15, 0.2) is 0 Å². The maximum atomic E-state index is 13.0. The standard InChI is InChI=1S/C20H31N3O2.2ClH/c1-2-13-23(18-7-11-21-12-8-18)20(25)16-3-5-17(6-4-16)22-14-9-19(24)10-15-22;;/h3-6,18-19,21,24H,2,7-15H2,1H3;2*1H. The molecule has 0 saturated carbocycles. The fourth-order valence-corrected chi connectivity index (χ4v) is 3.91. The van der Waals surface area contributed by atoms with Gasteiger partial charge in [0, 0.05) is 36.9 Å². The number of carbonyl (C=O) groups is 1. The fourth-order valence-electron chi connectivity index (χ4n) is 3.91. The molecule has 2 heterocycles. The molecule has 0 unspecified atom stereocenters. The molecule has 7 heteroatoms. The molecule has 0 aliphatic carbocycles. The van der Waals surface area contributed by atoms with Crippen LogP contribution in [-0.4, -0.2) is 60.8 Å². The molecule has 2 saturated heterocycles. The van der Waals surface area contributed by atoms with Crippen molar-refractivity contribution >= 4 is 36.4 Å². The highest BCUT2D eigenvalue weighted by atomic mass is 35.5. The van der Waals surface area contributed by atoms with Gasteiger partial charge in [-0.3, -0.25) is 4.79 Å². The minimum absolute atomic E-state index is 0. The van der Waals surface area contributed by atoms with Gasteiger partial charge < -0.3 is 20.2 Å². The molecule has 154 valence electrons. The maximum Gasteiger partial charge on any atom is 0.254 e. The number of piperidine rings is 2. The molecule has 0 aromatic heterocycles. The van der Waals surface area contributed by atoms with Gasteiger partial charge in [-0.2, -0.15) is 0 Å². The molecule has 0 spiro atoms. The van der Waals surface area contributed by atoms with Crippen LogP contribution in [0.1, 0.15) is 49.4 Å². The number of benzene rings is 1. The number of nitrogens with zero attached hydrogens (tertiary/aromatic N) is 2. The summed E-state index contributed by atoms with van der Waals surface area (Å²) in [7, 11) is 0. The van der Waals surface area contributed by atoms with Gasteiger partial charge in [0.2, 0.25) is 0 Å². The molecule has 2 aliphatic rings. The molecule has 5 nitrogen and oxygen atoms in total. The monoisotopic (exact) mass is 417 g/mol. The Bertz CT molecular complexity index is 557. The second-order valence-electron chi connectivity index (χ2n) is 7.24. The van der Waals surface area contributed by atoms with E-state index >= 15 is 0 Å². The highest BCUT2D eigenvalue weighted by Crippen LogP contribution is 2.22. The van der Waals surface area contributed by atoms with Gasteiger partial charge >= 0.3 is 0 Å². The van der Waals surface area contributed by atoms with Crippen molar-refractivity contribution in [1.29, 1.82) is 0 Å². The van der Waals surface area contributed by atoms with Crippen LogP contribution in [0.25, 0.3) is 0 Å². The number of anilines is 1. The highest BCUT2D eigenvalue weighted by molar-refractivity contribution is 5.94. The van der Waals surface area contributed by atoms with Crippen LogP contribution in [0.3, 0.4) is 0 Å². The lowest BCUT2D eigenvalue weighted by Crippen LogP contribution is -2.46. The third-order valence-electron chi connectivity index (χ3n) is 5.42. The largest absolute Gasteiger partial charge is 0.393 e. The van der Waals surface area contributed by atoms with Crippen LogP contribution in [0.2, 0.25) is 0 Å². The molecule has 27 heavy (non-hydrogen) atoms. The number of hydrogen-bond donors (Lipinski definition) is 2. The van der Waals surface area contributed by atoms with Gasteiger partial charge in [0.1, 0.15) is 0 Å². The quantitative estimate of drug-likeness (QED) is 0.772. The van der Waals surface area contributed by atoms with E-state index in [1.807, 2.05) is 12.1 Å². The number of aliphatic hydroxyl groups is 1. The molecule has 0 atom stereocenters. The summed E-state index contributed by atoms with van der Waals surface area (Å²) in [6.45, 7) is 6.72. The number of aliphatic hydroxyl groups excluding tert-OH is 1. The van der Waals surface area contributed by atoms with Crippen molar-refractivity contribution in [3.05, 3.63) is 29.8 Å². The van der Waals surface area contributed by atoms with E-state index in [1.54, 1.807) is 0 Å². The zero-order valence-corrected chi connectivity index (χ0v) is 17.7. The Kier molecular flexibility index (Phi) is 10.5. The van der Waals surface area contributed by atoms with E-state index in [0.29, 0.717) is 6.04 Å². The van der Waals surface area contributed by atoms with Crippen molar-refractivity contribution in [3.8, 4) is 0 Å². The summed E-state index contributed by atoms with van der Waals surface area (Å²) in [6, 6.07) is 8.39. The molecule has 2 fully saturated rings. The Morgan fingerprint density at radius 3 is 2.26 bits per heavy atom. The van der Waals surface area contributed by atoms with Crippen LogP contribution in [0, 0.1) is 0 Å². The second kappa shape index (κ2) is 11.7. The first-order chi connectivity index (χ1) is 12.2. The molecule has 2 aliphatic heterocycles. The van der Waals surface area contributed by atoms with E-state index in [0.717, 1.165) is 76.1 Å². The zero-order valence-electron chi connectivity index (χ0n) is 16.1. The first-order valence-electron chi connectivity index (χ1n) is 9.73. The minimum Gasteiger partial charge on any atom is -0.393 e. The smallest absolute Gasteiger partial charge is 0.254 e. The lowest BCUT2D eigenvalue weighted by atomic mass is 10.0. The summed E-state index contributed by atoms with van der Waals surface area (Å²) >= 11 is 0. The number of amides is 1. The van der Waals surface area contributed by atoms with E-state index in [2.05, 4.69) is 34.2 Å². The van der Waals surface area contributed by atoms with Crippen LogP contribution in [0.15, 0.2) is 24.3 Å². The molecule has 1 amide bonds. The Hall–Kier alpha value is -1.01. The van der Waals surface area contributed by atoms with Gasteiger partial charge in [0.05, 0.1) is 6.10 Å². The van der Waals surface area contributed by atoms with E-state index in [1.165, 1.54) is 0 Å². The number of rotatable bonds is 5.